The molecule has 0 bridgehead atoms. The number of nitrogens with zero attached hydrogens (tertiary/aromatic N) is 1. The summed E-state index contributed by atoms with van der Waals surface area (Å²) >= 11 is 0. The molecule has 3 fully saturated rings. The molecule has 1 heterocycles. The summed E-state index contributed by atoms with van der Waals surface area (Å²) in [4.78, 5) is 13.6. The molecule has 5 heteroatoms. The van der Waals surface area contributed by atoms with E-state index in [1.807, 2.05) is 13.8 Å². The number of hydrogen-bond donors (Lipinski definition) is 2. The first-order valence-corrected chi connectivity index (χ1v) is 9.76. The van der Waals surface area contributed by atoms with Gasteiger partial charge in [0.2, 0.25) is 0 Å². The zero-order chi connectivity index (χ0) is 17.4. The predicted molar refractivity (Wildman–Crippen MR) is 91.8 cm³/mol. The number of hydrogen-bond acceptors (Lipinski definition) is 3. The Labute approximate surface area is 145 Å². The second-order valence-corrected chi connectivity index (χ2v) is 8.59. The maximum Gasteiger partial charge on any atom is 0.410 e. The van der Waals surface area contributed by atoms with E-state index in [0.29, 0.717) is 12.3 Å². The molecule has 3 rings (SSSR count). The van der Waals surface area contributed by atoms with Gasteiger partial charge in [-0.3, -0.25) is 4.90 Å². The average molecular weight is 339 g/mol. The number of carbonyl (C=O) groups is 1. The fourth-order valence-corrected chi connectivity index (χ4v) is 5.26. The van der Waals surface area contributed by atoms with Gasteiger partial charge >= 0.3 is 6.09 Å². The Bertz CT molecular complexity index is 452. The minimum atomic E-state index is -0.892. The van der Waals surface area contributed by atoms with E-state index in [2.05, 4.69) is 0 Å². The summed E-state index contributed by atoms with van der Waals surface area (Å²) in [7, 11) is 0. The summed E-state index contributed by atoms with van der Waals surface area (Å²) in [5.41, 5.74) is -1.27. The summed E-state index contributed by atoms with van der Waals surface area (Å²) in [6.45, 7) is 3.92. The fourth-order valence-electron chi connectivity index (χ4n) is 5.26. The van der Waals surface area contributed by atoms with Gasteiger partial charge in [0.1, 0.15) is 5.72 Å². The molecule has 2 N–H and O–H groups in total. The van der Waals surface area contributed by atoms with Crippen molar-refractivity contribution in [1.29, 1.82) is 0 Å². The van der Waals surface area contributed by atoms with Crippen LogP contribution in [0, 0.1) is 5.92 Å². The first-order valence-electron chi connectivity index (χ1n) is 9.76. The van der Waals surface area contributed by atoms with Crippen LogP contribution in [0.15, 0.2) is 0 Å². The zero-order valence-electron chi connectivity index (χ0n) is 15.2. The van der Waals surface area contributed by atoms with Crippen LogP contribution in [0.2, 0.25) is 0 Å². The van der Waals surface area contributed by atoms with Crippen molar-refractivity contribution >= 4 is 6.09 Å². The van der Waals surface area contributed by atoms with E-state index in [4.69, 9.17) is 4.74 Å². The Morgan fingerprint density at radius 3 is 2.29 bits per heavy atom. The van der Waals surface area contributed by atoms with Crippen molar-refractivity contribution in [3.8, 4) is 0 Å². The third-order valence-electron chi connectivity index (χ3n) is 6.61. The van der Waals surface area contributed by atoms with Gasteiger partial charge in [-0.15, -0.1) is 0 Å². The van der Waals surface area contributed by atoms with Crippen LogP contribution < -0.4 is 0 Å². The Balaban J connectivity index is 1.76. The lowest BCUT2D eigenvalue weighted by molar-refractivity contribution is -0.124. The van der Waals surface area contributed by atoms with E-state index >= 15 is 0 Å². The highest BCUT2D eigenvalue weighted by molar-refractivity contribution is 5.68. The number of rotatable bonds is 3. The van der Waals surface area contributed by atoms with Crippen LogP contribution in [-0.2, 0) is 4.74 Å². The monoisotopic (exact) mass is 339 g/mol. The quantitative estimate of drug-likeness (QED) is 0.811. The van der Waals surface area contributed by atoms with Gasteiger partial charge in [-0.1, -0.05) is 25.7 Å². The van der Waals surface area contributed by atoms with Crippen LogP contribution in [0.5, 0.6) is 0 Å². The van der Waals surface area contributed by atoms with Gasteiger partial charge in [0.25, 0.3) is 0 Å². The minimum Gasteiger partial charge on any atom is -0.465 e. The van der Waals surface area contributed by atoms with E-state index < -0.39 is 17.4 Å². The third-order valence-corrected chi connectivity index (χ3v) is 6.61. The maximum atomic E-state index is 12.0. The smallest absolute Gasteiger partial charge is 0.410 e. The molecule has 1 amide bonds. The Morgan fingerprint density at radius 2 is 1.71 bits per heavy atom. The highest BCUT2D eigenvalue weighted by Gasteiger charge is 2.59. The van der Waals surface area contributed by atoms with Crippen LogP contribution in [0.25, 0.3) is 0 Å². The molecule has 1 spiro atoms. The second kappa shape index (κ2) is 6.83. The summed E-state index contributed by atoms with van der Waals surface area (Å²) in [6, 6.07) is 0. The molecule has 2 atom stereocenters. The topological polar surface area (TPSA) is 70.0 Å². The third kappa shape index (κ3) is 3.17. The van der Waals surface area contributed by atoms with Crippen LogP contribution in [0.3, 0.4) is 0 Å². The van der Waals surface area contributed by atoms with E-state index in [1.54, 1.807) is 4.90 Å². The van der Waals surface area contributed by atoms with E-state index in [-0.39, 0.29) is 12.2 Å². The van der Waals surface area contributed by atoms with E-state index in [1.165, 1.54) is 19.3 Å². The first kappa shape index (κ1) is 18.0. The van der Waals surface area contributed by atoms with E-state index in [0.717, 1.165) is 44.9 Å². The maximum absolute atomic E-state index is 12.0. The van der Waals surface area contributed by atoms with Gasteiger partial charge in [-0.2, -0.15) is 0 Å². The lowest BCUT2D eigenvalue weighted by Gasteiger charge is -2.42. The van der Waals surface area contributed by atoms with E-state index in [9.17, 15) is 15.0 Å². The average Bonchev–Trinajstić information content (AvgIpc) is 2.75. The number of ether oxygens (including phenoxy) is 1. The van der Waals surface area contributed by atoms with Crippen molar-refractivity contribution in [1.82, 2.24) is 4.90 Å². The molecule has 0 radical (unpaired) electrons. The van der Waals surface area contributed by atoms with Gasteiger partial charge in [0.05, 0.1) is 17.7 Å². The largest absolute Gasteiger partial charge is 0.465 e. The van der Waals surface area contributed by atoms with Gasteiger partial charge in [-0.05, 0) is 58.3 Å². The van der Waals surface area contributed by atoms with Crippen molar-refractivity contribution in [3.05, 3.63) is 0 Å². The molecule has 1 aliphatic heterocycles. The lowest BCUT2D eigenvalue weighted by Crippen LogP contribution is -2.56. The molecule has 0 aromatic carbocycles. The SMILES string of the molecule is CC1(C)C(CC(O)C2CCCCC2)OC2(CCCCC2)N1C(=O)O. The molecule has 24 heavy (non-hydrogen) atoms. The molecule has 2 aliphatic carbocycles. The molecule has 1 saturated heterocycles. The Morgan fingerprint density at radius 1 is 1.12 bits per heavy atom. The molecule has 5 nitrogen and oxygen atoms in total. The van der Waals surface area contributed by atoms with Gasteiger partial charge in [0, 0.05) is 6.42 Å². The van der Waals surface area contributed by atoms with Crippen LogP contribution in [0.4, 0.5) is 4.79 Å². The number of amides is 1. The van der Waals surface area contributed by atoms with Crippen LogP contribution >= 0.6 is 0 Å². The number of carboxylic acid groups (broad SMARTS) is 1. The van der Waals surface area contributed by atoms with Gasteiger partial charge in [0.15, 0.2) is 0 Å². The van der Waals surface area contributed by atoms with Crippen LogP contribution in [0.1, 0.15) is 84.5 Å². The van der Waals surface area contributed by atoms with Gasteiger partial charge < -0.3 is 14.9 Å². The number of aliphatic hydroxyl groups is 1. The molecule has 3 aliphatic rings. The Hall–Kier alpha value is -0.810. The van der Waals surface area contributed by atoms with Crippen molar-refractivity contribution in [2.24, 2.45) is 5.92 Å². The zero-order valence-corrected chi connectivity index (χ0v) is 15.2. The highest BCUT2D eigenvalue weighted by Crippen LogP contribution is 2.49. The summed E-state index contributed by atoms with van der Waals surface area (Å²) in [6.07, 6.45) is 9.59. The van der Waals surface area contributed by atoms with Crippen molar-refractivity contribution in [2.75, 3.05) is 0 Å². The summed E-state index contributed by atoms with van der Waals surface area (Å²) < 4.78 is 6.43. The summed E-state index contributed by atoms with van der Waals surface area (Å²) in [5, 5.41) is 20.6. The second-order valence-electron chi connectivity index (χ2n) is 8.59. The first-order chi connectivity index (χ1) is 11.4. The molecule has 2 unspecified atom stereocenters. The van der Waals surface area contributed by atoms with Crippen LogP contribution in [-0.4, -0.2) is 44.7 Å². The molecular formula is C19H33NO4. The predicted octanol–water partition coefficient (Wildman–Crippen LogP) is 4.14. The highest BCUT2D eigenvalue weighted by atomic mass is 16.6. The molecule has 138 valence electrons. The van der Waals surface area contributed by atoms with Crippen molar-refractivity contribution in [2.45, 2.75) is 108 Å². The van der Waals surface area contributed by atoms with Crippen molar-refractivity contribution < 1.29 is 19.7 Å². The molecule has 2 saturated carbocycles. The molecule has 0 aromatic heterocycles. The molecular weight excluding hydrogens is 306 g/mol. The minimum absolute atomic E-state index is 0.233. The van der Waals surface area contributed by atoms with Gasteiger partial charge in [-0.25, -0.2) is 4.79 Å². The Kier molecular flexibility index (Phi) is 5.12. The molecule has 0 aromatic rings. The standard InChI is InChI=1S/C19H33NO4/c1-18(2)16(13-15(21)14-9-5-3-6-10-14)24-19(20(18)17(22)23)11-7-4-8-12-19/h14-16,21H,3-13H2,1-2H3,(H,22,23). The fraction of sp³-hybridized carbons (Fsp3) is 0.947. The normalized spacial score (nSPS) is 31.3. The van der Waals surface area contributed by atoms with Crippen molar-refractivity contribution in [3.63, 3.8) is 0 Å². The lowest BCUT2D eigenvalue weighted by atomic mass is 9.81. The summed E-state index contributed by atoms with van der Waals surface area (Å²) in [5.74, 6) is 0.347. The number of aliphatic hydroxyl groups excluding tert-OH is 1.